The highest BCUT2D eigenvalue weighted by Gasteiger charge is 2.29. The van der Waals surface area contributed by atoms with Crippen molar-refractivity contribution < 1.29 is 9.18 Å². The highest BCUT2D eigenvalue weighted by molar-refractivity contribution is 5.95. The Morgan fingerprint density at radius 2 is 2.00 bits per heavy atom. The maximum Gasteiger partial charge on any atom is 0.254 e. The van der Waals surface area contributed by atoms with E-state index in [1.165, 1.54) is 12.5 Å². The molecular formula is C17H25FN2O. The molecule has 3 N–H and O–H groups in total. The van der Waals surface area contributed by atoms with Crippen molar-refractivity contribution in [2.75, 3.05) is 5.73 Å². The number of hydrogen-bond donors (Lipinski definition) is 2. The van der Waals surface area contributed by atoms with Crippen LogP contribution in [0.25, 0.3) is 0 Å². The first-order valence-electron chi connectivity index (χ1n) is 7.76. The number of amides is 1. The van der Waals surface area contributed by atoms with Crippen LogP contribution < -0.4 is 11.1 Å². The van der Waals surface area contributed by atoms with E-state index in [1.807, 2.05) is 0 Å². The summed E-state index contributed by atoms with van der Waals surface area (Å²) in [4.78, 5) is 12.4. The molecule has 0 aromatic heterocycles. The normalized spacial score (nSPS) is 22.3. The number of carbonyl (C=O) groups is 1. The maximum absolute atomic E-state index is 14.1. The summed E-state index contributed by atoms with van der Waals surface area (Å²) in [6, 6.07) is 3.10. The van der Waals surface area contributed by atoms with Gasteiger partial charge in [-0.25, -0.2) is 4.39 Å². The second-order valence-electron chi connectivity index (χ2n) is 6.47. The van der Waals surface area contributed by atoms with E-state index in [0.29, 0.717) is 23.1 Å². The van der Waals surface area contributed by atoms with Crippen LogP contribution in [0.4, 0.5) is 10.1 Å². The average Bonchev–Trinajstić information content (AvgIpc) is 2.43. The van der Waals surface area contributed by atoms with Crippen LogP contribution in [0.15, 0.2) is 12.1 Å². The molecule has 0 heterocycles. The molecule has 116 valence electrons. The van der Waals surface area contributed by atoms with Gasteiger partial charge in [0.1, 0.15) is 5.82 Å². The predicted molar refractivity (Wildman–Crippen MR) is 83.6 cm³/mol. The van der Waals surface area contributed by atoms with E-state index in [1.54, 1.807) is 13.0 Å². The van der Waals surface area contributed by atoms with Gasteiger partial charge in [-0.1, -0.05) is 26.7 Å². The molecule has 4 heteroatoms. The second kappa shape index (κ2) is 6.46. The Balaban J connectivity index is 2.17. The third-order valence-corrected chi connectivity index (χ3v) is 4.51. The lowest BCUT2D eigenvalue weighted by Gasteiger charge is -2.35. The number of nitrogen functional groups attached to an aromatic ring is 1. The number of halogens is 1. The van der Waals surface area contributed by atoms with Crippen molar-refractivity contribution in [3.8, 4) is 0 Å². The standard InChI is InChI=1S/C17H25FN2O/c1-10(2)13-6-4-5-7-15(13)20-17(21)14-9-12(19)8-11(3)16(14)18/h8-10,13,15H,4-7,19H2,1-3H3,(H,20,21). The molecule has 2 rings (SSSR count). The van der Waals surface area contributed by atoms with Crippen LogP contribution in [0.5, 0.6) is 0 Å². The number of anilines is 1. The molecule has 1 aromatic carbocycles. The van der Waals surface area contributed by atoms with Gasteiger partial charge in [0.15, 0.2) is 0 Å². The van der Waals surface area contributed by atoms with Crippen molar-refractivity contribution in [3.63, 3.8) is 0 Å². The molecule has 0 radical (unpaired) electrons. The van der Waals surface area contributed by atoms with Crippen LogP contribution >= 0.6 is 0 Å². The van der Waals surface area contributed by atoms with Crippen LogP contribution in [-0.4, -0.2) is 11.9 Å². The minimum Gasteiger partial charge on any atom is -0.399 e. The maximum atomic E-state index is 14.1. The molecule has 1 aliphatic rings. The molecule has 21 heavy (non-hydrogen) atoms. The Bertz CT molecular complexity index is 528. The first kappa shape index (κ1) is 15.8. The summed E-state index contributed by atoms with van der Waals surface area (Å²) in [5.41, 5.74) is 6.61. The predicted octanol–water partition coefficient (Wildman–Crippen LogP) is 3.66. The quantitative estimate of drug-likeness (QED) is 0.835. The zero-order chi connectivity index (χ0) is 15.6. The minimum absolute atomic E-state index is 0.0561. The van der Waals surface area contributed by atoms with E-state index in [0.717, 1.165) is 19.3 Å². The Morgan fingerprint density at radius 1 is 1.33 bits per heavy atom. The lowest BCUT2D eigenvalue weighted by atomic mass is 9.78. The van der Waals surface area contributed by atoms with E-state index in [9.17, 15) is 9.18 Å². The average molecular weight is 292 g/mol. The molecule has 2 unspecified atom stereocenters. The van der Waals surface area contributed by atoms with Gasteiger partial charge < -0.3 is 11.1 Å². The molecule has 1 aromatic rings. The molecule has 0 spiro atoms. The van der Waals surface area contributed by atoms with Gasteiger partial charge in [-0.2, -0.15) is 0 Å². The van der Waals surface area contributed by atoms with Gasteiger partial charge in [-0.3, -0.25) is 4.79 Å². The summed E-state index contributed by atoms with van der Waals surface area (Å²) < 4.78 is 14.1. The fraction of sp³-hybridized carbons (Fsp3) is 0.588. The number of carbonyl (C=O) groups excluding carboxylic acids is 1. The molecule has 0 aliphatic heterocycles. The first-order chi connectivity index (χ1) is 9.90. The topological polar surface area (TPSA) is 55.1 Å². The molecule has 1 saturated carbocycles. The number of nitrogens with two attached hydrogens (primary N) is 1. The summed E-state index contributed by atoms with van der Waals surface area (Å²) in [7, 11) is 0. The van der Waals surface area contributed by atoms with Crippen molar-refractivity contribution in [3.05, 3.63) is 29.1 Å². The van der Waals surface area contributed by atoms with Crippen molar-refractivity contribution in [2.24, 2.45) is 11.8 Å². The van der Waals surface area contributed by atoms with E-state index < -0.39 is 5.82 Å². The number of rotatable bonds is 3. The minimum atomic E-state index is -0.474. The van der Waals surface area contributed by atoms with Crippen LogP contribution in [0.3, 0.4) is 0 Å². The molecular weight excluding hydrogens is 267 g/mol. The fourth-order valence-electron chi connectivity index (χ4n) is 3.35. The van der Waals surface area contributed by atoms with Crippen molar-refractivity contribution in [1.82, 2.24) is 5.32 Å². The van der Waals surface area contributed by atoms with Crippen LogP contribution in [0, 0.1) is 24.6 Å². The Kier molecular flexibility index (Phi) is 4.86. The summed E-state index contributed by atoms with van der Waals surface area (Å²) in [6.45, 7) is 5.99. The summed E-state index contributed by atoms with van der Waals surface area (Å²) in [6.07, 6.45) is 4.42. The molecule has 0 saturated heterocycles. The summed E-state index contributed by atoms with van der Waals surface area (Å²) in [5, 5.41) is 3.03. The smallest absolute Gasteiger partial charge is 0.254 e. The Morgan fingerprint density at radius 3 is 2.67 bits per heavy atom. The van der Waals surface area contributed by atoms with Crippen LogP contribution in [-0.2, 0) is 0 Å². The lowest BCUT2D eigenvalue weighted by Crippen LogP contribution is -2.44. The third kappa shape index (κ3) is 3.55. The zero-order valence-corrected chi connectivity index (χ0v) is 13.1. The van der Waals surface area contributed by atoms with Gasteiger partial charge in [-0.05, 0) is 49.3 Å². The van der Waals surface area contributed by atoms with Crippen LogP contribution in [0.1, 0.15) is 55.5 Å². The van der Waals surface area contributed by atoms with Gasteiger partial charge in [0, 0.05) is 11.7 Å². The van der Waals surface area contributed by atoms with Crippen molar-refractivity contribution >= 4 is 11.6 Å². The largest absolute Gasteiger partial charge is 0.399 e. The number of benzene rings is 1. The fourth-order valence-corrected chi connectivity index (χ4v) is 3.35. The van der Waals surface area contributed by atoms with E-state index in [2.05, 4.69) is 19.2 Å². The molecule has 1 amide bonds. The SMILES string of the molecule is Cc1cc(N)cc(C(=O)NC2CCCCC2C(C)C)c1F. The number of hydrogen-bond acceptors (Lipinski definition) is 2. The van der Waals surface area contributed by atoms with E-state index in [-0.39, 0.29) is 17.5 Å². The number of nitrogens with one attached hydrogen (secondary N) is 1. The van der Waals surface area contributed by atoms with Gasteiger partial charge >= 0.3 is 0 Å². The van der Waals surface area contributed by atoms with Gasteiger partial charge in [0.2, 0.25) is 0 Å². The van der Waals surface area contributed by atoms with Gasteiger partial charge in [-0.15, -0.1) is 0 Å². The molecule has 2 atom stereocenters. The van der Waals surface area contributed by atoms with Crippen molar-refractivity contribution in [1.29, 1.82) is 0 Å². The third-order valence-electron chi connectivity index (χ3n) is 4.51. The summed E-state index contributed by atoms with van der Waals surface area (Å²) >= 11 is 0. The molecule has 1 aliphatic carbocycles. The first-order valence-corrected chi connectivity index (χ1v) is 7.76. The zero-order valence-electron chi connectivity index (χ0n) is 13.1. The van der Waals surface area contributed by atoms with Crippen molar-refractivity contribution in [2.45, 2.75) is 52.5 Å². The molecule has 3 nitrogen and oxygen atoms in total. The monoisotopic (exact) mass is 292 g/mol. The lowest BCUT2D eigenvalue weighted by molar-refractivity contribution is 0.0885. The Hall–Kier alpha value is -1.58. The van der Waals surface area contributed by atoms with Gasteiger partial charge in [0.25, 0.3) is 5.91 Å². The second-order valence-corrected chi connectivity index (χ2v) is 6.47. The Labute approximate surface area is 126 Å². The molecule has 1 fully saturated rings. The molecule has 0 bridgehead atoms. The van der Waals surface area contributed by atoms with E-state index >= 15 is 0 Å². The van der Waals surface area contributed by atoms with Gasteiger partial charge in [0.05, 0.1) is 5.56 Å². The highest BCUT2D eigenvalue weighted by Crippen LogP contribution is 2.30. The highest BCUT2D eigenvalue weighted by atomic mass is 19.1. The van der Waals surface area contributed by atoms with Crippen LogP contribution in [0.2, 0.25) is 0 Å². The number of aryl methyl sites for hydroxylation is 1. The van der Waals surface area contributed by atoms with E-state index in [4.69, 9.17) is 5.73 Å². The summed E-state index contributed by atoms with van der Waals surface area (Å²) in [5.74, 6) is 0.162.